The fraction of sp³-hybridized carbons (Fsp3) is 0.524. The first-order chi connectivity index (χ1) is 12.1. The summed E-state index contributed by atoms with van der Waals surface area (Å²) in [4.78, 5) is 12.4. The normalized spacial score (nSPS) is 21.9. The molecule has 1 aliphatic carbocycles. The van der Waals surface area contributed by atoms with Crippen LogP contribution in [0, 0.1) is 17.2 Å². The number of rotatable bonds is 4. The molecule has 3 rings (SSSR count). The lowest BCUT2D eigenvalue weighted by Gasteiger charge is -2.52. The van der Waals surface area contributed by atoms with Gasteiger partial charge in [-0.3, -0.25) is 4.79 Å². The Morgan fingerprint density at radius 1 is 1.35 bits per heavy atom. The number of hydrogen-bond donors (Lipinski definition) is 1. The van der Waals surface area contributed by atoms with Gasteiger partial charge in [-0.1, -0.05) is 45.8 Å². The maximum Gasteiger partial charge on any atom is 0.251 e. The number of amides is 1. The highest BCUT2D eigenvalue weighted by molar-refractivity contribution is 5.94. The van der Waals surface area contributed by atoms with Crippen molar-refractivity contribution in [2.24, 2.45) is 11.3 Å². The predicted octanol–water partition coefficient (Wildman–Crippen LogP) is 4.50. The second kappa shape index (κ2) is 6.53. The lowest BCUT2D eigenvalue weighted by atomic mass is 9.57. The van der Waals surface area contributed by atoms with Crippen molar-refractivity contribution in [2.75, 3.05) is 0 Å². The van der Waals surface area contributed by atoms with Crippen LogP contribution in [0.5, 0.6) is 0 Å². The summed E-state index contributed by atoms with van der Waals surface area (Å²) in [7, 11) is 0. The molecule has 2 atom stereocenters. The summed E-state index contributed by atoms with van der Waals surface area (Å²) in [5.74, 6) is 0.681. The van der Waals surface area contributed by atoms with Gasteiger partial charge in [0.15, 0.2) is 0 Å². The number of carbonyl (C=O) groups is 1. The predicted molar refractivity (Wildman–Crippen MR) is 98.4 cm³/mol. The molecule has 4 nitrogen and oxygen atoms in total. The van der Waals surface area contributed by atoms with Crippen LogP contribution < -0.4 is 5.32 Å². The van der Waals surface area contributed by atoms with Gasteiger partial charge in [0, 0.05) is 23.1 Å². The van der Waals surface area contributed by atoms with Gasteiger partial charge in [-0.2, -0.15) is 0 Å². The van der Waals surface area contributed by atoms with Crippen molar-refractivity contribution >= 4 is 5.91 Å². The van der Waals surface area contributed by atoms with Crippen LogP contribution in [-0.4, -0.2) is 17.1 Å². The van der Waals surface area contributed by atoms with Crippen LogP contribution in [0.4, 0.5) is 4.39 Å². The summed E-state index contributed by atoms with van der Waals surface area (Å²) in [6.45, 7) is 10.6. The van der Waals surface area contributed by atoms with Crippen molar-refractivity contribution in [1.29, 1.82) is 0 Å². The van der Waals surface area contributed by atoms with E-state index in [2.05, 4.69) is 45.1 Å². The first-order valence-electron chi connectivity index (χ1n) is 9.10. The Morgan fingerprint density at radius 3 is 2.65 bits per heavy atom. The molecule has 1 fully saturated rings. The topological polar surface area (TPSA) is 55.1 Å². The molecule has 0 aliphatic heterocycles. The zero-order valence-corrected chi connectivity index (χ0v) is 16.1. The van der Waals surface area contributed by atoms with Gasteiger partial charge in [-0.15, -0.1) is 0 Å². The highest BCUT2D eigenvalue weighted by Gasteiger charge is 2.48. The molecule has 2 aromatic rings. The van der Waals surface area contributed by atoms with E-state index in [0.717, 1.165) is 24.3 Å². The third-order valence-electron chi connectivity index (χ3n) is 5.62. The van der Waals surface area contributed by atoms with E-state index in [0.29, 0.717) is 11.5 Å². The van der Waals surface area contributed by atoms with E-state index < -0.39 is 5.82 Å². The van der Waals surface area contributed by atoms with Crippen LogP contribution in [0.15, 0.2) is 34.9 Å². The lowest BCUT2D eigenvalue weighted by molar-refractivity contribution is 0.0138. The minimum atomic E-state index is -0.399. The van der Waals surface area contributed by atoms with Gasteiger partial charge >= 0.3 is 0 Å². The van der Waals surface area contributed by atoms with E-state index in [9.17, 15) is 9.18 Å². The average Bonchev–Trinajstić information content (AvgIpc) is 3.02. The van der Waals surface area contributed by atoms with Gasteiger partial charge in [-0.25, -0.2) is 4.39 Å². The van der Waals surface area contributed by atoms with Gasteiger partial charge in [0.25, 0.3) is 5.91 Å². The SMILES string of the molecule is CC(C)(C)c1cc(C[C@@H]2C[C@H](NC(=O)c3cccc(F)c3)C2(C)C)no1. The van der Waals surface area contributed by atoms with Crippen molar-refractivity contribution in [3.8, 4) is 0 Å². The van der Waals surface area contributed by atoms with Crippen molar-refractivity contribution < 1.29 is 13.7 Å². The molecule has 1 aromatic heterocycles. The minimum absolute atomic E-state index is 0.0518. The van der Waals surface area contributed by atoms with Crippen LogP contribution in [0.2, 0.25) is 0 Å². The maximum atomic E-state index is 13.3. The van der Waals surface area contributed by atoms with E-state index in [1.165, 1.54) is 12.1 Å². The minimum Gasteiger partial charge on any atom is -0.361 e. The van der Waals surface area contributed by atoms with E-state index in [-0.39, 0.29) is 22.8 Å². The average molecular weight is 358 g/mol. The van der Waals surface area contributed by atoms with Crippen LogP contribution in [0.3, 0.4) is 0 Å². The molecule has 1 aromatic carbocycles. The first-order valence-corrected chi connectivity index (χ1v) is 9.10. The molecular formula is C21H27FN2O2. The second-order valence-electron chi connectivity index (χ2n) is 8.93. The molecular weight excluding hydrogens is 331 g/mol. The van der Waals surface area contributed by atoms with Crippen molar-refractivity contribution in [2.45, 2.75) is 58.9 Å². The van der Waals surface area contributed by atoms with E-state index in [1.807, 2.05) is 6.07 Å². The maximum absolute atomic E-state index is 13.3. The fourth-order valence-corrected chi connectivity index (χ4v) is 3.49. The molecule has 0 bridgehead atoms. The van der Waals surface area contributed by atoms with Gasteiger partial charge in [0.2, 0.25) is 0 Å². The zero-order valence-electron chi connectivity index (χ0n) is 16.1. The number of aromatic nitrogens is 1. The Morgan fingerprint density at radius 2 is 2.08 bits per heavy atom. The van der Waals surface area contributed by atoms with E-state index >= 15 is 0 Å². The molecule has 1 amide bonds. The Balaban J connectivity index is 1.61. The van der Waals surface area contributed by atoms with Gasteiger partial charge < -0.3 is 9.84 Å². The Bertz CT molecular complexity index is 804. The number of halogens is 1. The standard InChI is InChI=1S/C21H27FN2O2/c1-20(2,3)18-12-16(24-26-18)10-14-11-17(21(14,4)5)23-19(25)13-7-6-8-15(22)9-13/h6-9,12,14,17H,10-11H2,1-5H3,(H,23,25)/t14-,17+/m1/s1. The van der Waals surface area contributed by atoms with Gasteiger partial charge in [0.1, 0.15) is 11.6 Å². The van der Waals surface area contributed by atoms with Crippen LogP contribution in [0.1, 0.15) is 62.9 Å². The summed E-state index contributed by atoms with van der Waals surface area (Å²) in [6, 6.07) is 7.89. The fourth-order valence-electron chi connectivity index (χ4n) is 3.49. The van der Waals surface area contributed by atoms with Crippen LogP contribution in [0.25, 0.3) is 0 Å². The highest BCUT2D eigenvalue weighted by Crippen LogP contribution is 2.48. The summed E-state index contributed by atoms with van der Waals surface area (Å²) in [5.41, 5.74) is 1.21. The van der Waals surface area contributed by atoms with Crippen LogP contribution >= 0.6 is 0 Å². The zero-order chi connectivity index (χ0) is 19.1. The summed E-state index contributed by atoms with van der Waals surface area (Å²) in [6.07, 6.45) is 1.71. The third kappa shape index (κ3) is 3.67. The highest BCUT2D eigenvalue weighted by atomic mass is 19.1. The summed E-state index contributed by atoms with van der Waals surface area (Å²) >= 11 is 0. The molecule has 0 unspecified atom stereocenters. The van der Waals surface area contributed by atoms with Crippen molar-refractivity contribution in [3.63, 3.8) is 0 Å². The van der Waals surface area contributed by atoms with Crippen LogP contribution in [-0.2, 0) is 11.8 Å². The number of carbonyl (C=O) groups excluding carboxylic acids is 1. The molecule has 0 spiro atoms. The number of nitrogens with one attached hydrogen (secondary N) is 1. The quantitative estimate of drug-likeness (QED) is 0.875. The number of benzene rings is 1. The Kier molecular flexibility index (Phi) is 4.67. The van der Waals surface area contributed by atoms with Gasteiger partial charge in [0.05, 0.1) is 5.69 Å². The lowest BCUT2D eigenvalue weighted by Crippen LogP contribution is -2.58. The molecule has 1 aliphatic rings. The molecule has 0 saturated heterocycles. The molecule has 0 radical (unpaired) electrons. The van der Waals surface area contributed by atoms with E-state index in [1.54, 1.807) is 12.1 Å². The van der Waals surface area contributed by atoms with Crippen molar-refractivity contribution in [3.05, 3.63) is 53.2 Å². The molecule has 140 valence electrons. The molecule has 1 saturated carbocycles. The number of hydrogen-bond acceptors (Lipinski definition) is 3. The summed E-state index contributed by atoms with van der Waals surface area (Å²) < 4.78 is 18.8. The summed E-state index contributed by atoms with van der Waals surface area (Å²) in [5, 5.41) is 7.26. The Labute approximate surface area is 154 Å². The number of nitrogens with zero attached hydrogens (tertiary/aromatic N) is 1. The van der Waals surface area contributed by atoms with Crippen molar-refractivity contribution in [1.82, 2.24) is 10.5 Å². The second-order valence-corrected chi connectivity index (χ2v) is 8.93. The first kappa shape index (κ1) is 18.6. The van der Waals surface area contributed by atoms with Gasteiger partial charge in [-0.05, 0) is 42.4 Å². The molecule has 1 N–H and O–H groups in total. The largest absolute Gasteiger partial charge is 0.361 e. The monoisotopic (exact) mass is 358 g/mol. The molecule has 1 heterocycles. The molecule has 26 heavy (non-hydrogen) atoms. The Hall–Kier alpha value is -2.17. The third-order valence-corrected chi connectivity index (χ3v) is 5.62. The molecule has 5 heteroatoms. The van der Waals surface area contributed by atoms with E-state index in [4.69, 9.17) is 4.52 Å². The smallest absolute Gasteiger partial charge is 0.251 e.